The minimum atomic E-state index is 0.577. The summed E-state index contributed by atoms with van der Waals surface area (Å²) in [6.45, 7) is 9.03. The van der Waals surface area contributed by atoms with Gasteiger partial charge in [0.25, 0.3) is 0 Å². The van der Waals surface area contributed by atoms with Crippen LogP contribution in [0.25, 0.3) is 5.69 Å². The molecule has 1 fully saturated rings. The Kier molecular flexibility index (Phi) is 4.80. The summed E-state index contributed by atoms with van der Waals surface area (Å²) in [7, 11) is 0. The molecule has 0 amide bonds. The van der Waals surface area contributed by atoms with Crippen LogP contribution in [0.15, 0.2) is 24.3 Å². The molecule has 1 saturated heterocycles. The average molecular weight is 338 g/mol. The fraction of sp³-hybridized carbons (Fsp3) is 0.571. The molecule has 25 heavy (non-hydrogen) atoms. The van der Waals surface area contributed by atoms with Crippen molar-refractivity contribution in [2.75, 3.05) is 31.5 Å². The smallest absolute Gasteiger partial charge is 0.133 e. The van der Waals surface area contributed by atoms with E-state index in [1.807, 2.05) is 0 Å². The van der Waals surface area contributed by atoms with E-state index < -0.39 is 0 Å². The van der Waals surface area contributed by atoms with Gasteiger partial charge in [-0.05, 0) is 69.8 Å². The number of hydrogen-bond acceptors (Lipinski definition) is 3. The summed E-state index contributed by atoms with van der Waals surface area (Å²) in [4.78, 5) is 2.58. The Morgan fingerprint density at radius 2 is 2.16 bits per heavy atom. The Bertz CT molecular complexity index is 733. The lowest BCUT2D eigenvalue weighted by Crippen LogP contribution is -2.34. The normalized spacial score (nSPS) is 21.4. The molecule has 4 rings (SSSR count). The van der Waals surface area contributed by atoms with Crippen LogP contribution < -0.4 is 5.32 Å². The number of anilines is 1. The fourth-order valence-corrected chi connectivity index (χ4v) is 4.37. The molecule has 3 heterocycles. The third-order valence-corrected chi connectivity index (χ3v) is 5.75. The molecule has 0 spiro atoms. The number of aryl methyl sites for hydroxylation is 1. The number of likely N-dealkylation sites (N-methyl/N-ethyl adjacent to an activating group) is 1. The van der Waals surface area contributed by atoms with Crippen LogP contribution in [0.1, 0.15) is 55.3 Å². The number of fused-ring (bicyclic) bond motifs is 1. The molecule has 1 aromatic heterocycles. The van der Waals surface area contributed by atoms with Gasteiger partial charge in [-0.15, -0.1) is 0 Å². The van der Waals surface area contributed by atoms with E-state index in [0.29, 0.717) is 5.92 Å². The third kappa shape index (κ3) is 3.32. The number of hydrogen-bond donors (Lipinski definition) is 1. The highest BCUT2D eigenvalue weighted by Gasteiger charge is 2.29. The molecule has 134 valence electrons. The second kappa shape index (κ2) is 7.20. The van der Waals surface area contributed by atoms with Crippen LogP contribution in [0, 0.1) is 6.92 Å². The van der Waals surface area contributed by atoms with Gasteiger partial charge in [-0.2, -0.15) is 5.10 Å². The molecule has 0 saturated carbocycles. The Hall–Kier alpha value is -1.81. The number of piperidine rings is 1. The molecule has 0 aliphatic carbocycles. The Morgan fingerprint density at radius 3 is 3.00 bits per heavy atom. The lowest BCUT2D eigenvalue weighted by atomic mass is 9.91. The number of nitrogens with zero attached hydrogens (tertiary/aromatic N) is 3. The second-order valence-corrected chi connectivity index (χ2v) is 7.58. The molecular formula is C21H30N4. The second-order valence-electron chi connectivity index (χ2n) is 7.58. The lowest BCUT2D eigenvalue weighted by Gasteiger charge is -2.31. The van der Waals surface area contributed by atoms with Gasteiger partial charge in [0.05, 0.1) is 11.4 Å². The SMILES string of the molecule is CCN1CCCC(c2nn(-c3cccc(C)c3)c3c2CCCCN3)C1. The van der Waals surface area contributed by atoms with E-state index in [4.69, 9.17) is 5.10 Å². The summed E-state index contributed by atoms with van der Waals surface area (Å²) in [5, 5.41) is 8.85. The van der Waals surface area contributed by atoms with Gasteiger partial charge in [0.1, 0.15) is 5.82 Å². The summed E-state index contributed by atoms with van der Waals surface area (Å²) in [5.41, 5.74) is 5.29. The lowest BCUT2D eigenvalue weighted by molar-refractivity contribution is 0.215. The predicted molar refractivity (Wildman–Crippen MR) is 104 cm³/mol. The van der Waals surface area contributed by atoms with Crippen molar-refractivity contribution >= 4 is 5.82 Å². The van der Waals surface area contributed by atoms with Gasteiger partial charge in [0, 0.05) is 24.6 Å². The number of rotatable bonds is 3. The largest absolute Gasteiger partial charge is 0.370 e. The number of benzene rings is 1. The molecule has 2 aromatic rings. The van der Waals surface area contributed by atoms with Gasteiger partial charge in [0.15, 0.2) is 0 Å². The van der Waals surface area contributed by atoms with Crippen molar-refractivity contribution in [3.05, 3.63) is 41.1 Å². The molecule has 4 heteroatoms. The average Bonchev–Trinajstić information content (AvgIpc) is 2.83. The molecule has 0 radical (unpaired) electrons. The van der Waals surface area contributed by atoms with Crippen molar-refractivity contribution in [3.8, 4) is 5.69 Å². The third-order valence-electron chi connectivity index (χ3n) is 5.75. The summed E-state index contributed by atoms with van der Waals surface area (Å²) in [6.07, 6.45) is 6.22. The van der Waals surface area contributed by atoms with Crippen molar-refractivity contribution in [1.29, 1.82) is 0 Å². The molecule has 1 N–H and O–H groups in total. The van der Waals surface area contributed by atoms with Crippen molar-refractivity contribution in [2.24, 2.45) is 0 Å². The maximum atomic E-state index is 5.16. The fourth-order valence-electron chi connectivity index (χ4n) is 4.37. The molecule has 4 nitrogen and oxygen atoms in total. The van der Waals surface area contributed by atoms with E-state index in [9.17, 15) is 0 Å². The summed E-state index contributed by atoms with van der Waals surface area (Å²) in [5.74, 6) is 1.82. The Morgan fingerprint density at radius 1 is 1.24 bits per heavy atom. The highest BCUT2D eigenvalue weighted by molar-refractivity contribution is 5.55. The summed E-state index contributed by atoms with van der Waals surface area (Å²) >= 11 is 0. The molecule has 2 aliphatic rings. The van der Waals surface area contributed by atoms with Crippen LogP contribution in [0.5, 0.6) is 0 Å². The van der Waals surface area contributed by atoms with Gasteiger partial charge in [0.2, 0.25) is 0 Å². The van der Waals surface area contributed by atoms with E-state index in [1.54, 1.807) is 0 Å². The van der Waals surface area contributed by atoms with Gasteiger partial charge in [-0.3, -0.25) is 0 Å². The highest BCUT2D eigenvalue weighted by atomic mass is 15.3. The van der Waals surface area contributed by atoms with Crippen molar-refractivity contribution in [1.82, 2.24) is 14.7 Å². The van der Waals surface area contributed by atoms with Crippen LogP contribution in [0.4, 0.5) is 5.82 Å². The Balaban J connectivity index is 1.77. The summed E-state index contributed by atoms with van der Waals surface area (Å²) < 4.78 is 2.17. The zero-order chi connectivity index (χ0) is 17.2. The maximum absolute atomic E-state index is 5.16. The van der Waals surface area contributed by atoms with E-state index >= 15 is 0 Å². The first-order valence-corrected chi connectivity index (χ1v) is 9.91. The quantitative estimate of drug-likeness (QED) is 0.913. The van der Waals surface area contributed by atoms with E-state index in [-0.39, 0.29) is 0 Å². The van der Waals surface area contributed by atoms with Crippen LogP contribution in [-0.2, 0) is 6.42 Å². The van der Waals surface area contributed by atoms with Gasteiger partial charge < -0.3 is 10.2 Å². The van der Waals surface area contributed by atoms with Gasteiger partial charge in [-0.25, -0.2) is 4.68 Å². The number of likely N-dealkylation sites (tertiary alicyclic amines) is 1. The first-order chi connectivity index (χ1) is 12.3. The molecule has 1 atom stereocenters. The molecule has 1 aromatic carbocycles. The molecular weight excluding hydrogens is 308 g/mol. The van der Waals surface area contributed by atoms with E-state index in [1.165, 1.54) is 60.6 Å². The zero-order valence-electron chi connectivity index (χ0n) is 15.6. The van der Waals surface area contributed by atoms with Crippen LogP contribution in [0.3, 0.4) is 0 Å². The number of nitrogens with one attached hydrogen (secondary N) is 1. The molecule has 1 unspecified atom stereocenters. The van der Waals surface area contributed by atoms with Crippen molar-refractivity contribution < 1.29 is 0 Å². The minimum Gasteiger partial charge on any atom is -0.370 e. The summed E-state index contributed by atoms with van der Waals surface area (Å²) in [6, 6.07) is 8.70. The monoisotopic (exact) mass is 338 g/mol. The number of aromatic nitrogens is 2. The standard InChI is InChI=1S/C21H30N4/c1-3-24-13-7-9-17(15-24)20-19-11-4-5-12-22-21(19)25(23-20)18-10-6-8-16(2)14-18/h6,8,10,14,17,22H,3-5,7,9,11-13,15H2,1-2H3. The van der Waals surface area contributed by atoms with E-state index in [0.717, 1.165) is 26.1 Å². The predicted octanol–water partition coefficient (Wildman–Crippen LogP) is 4.13. The first-order valence-electron chi connectivity index (χ1n) is 9.91. The van der Waals surface area contributed by atoms with Crippen molar-refractivity contribution in [2.45, 2.75) is 51.9 Å². The van der Waals surface area contributed by atoms with Gasteiger partial charge in [-0.1, -0.05) is 19.1 Å². The topological polar surface area (TPSA) is 33.1 Å². The van der Waals surface area contributed by atoms with Gasteiger partial charge >= 0.3 is 0 Å². The van der Waals surface area contributed by atoms with E-state index in [2.05, 4.69) is 53.0 Å². The minimum absolute atomic E-state index is 0.577. The van der Waals surface area contributed by atoms with Crippen LogP contribution in [0.2, 0.25) is 0 Å². The highest BCUT2D eigenvalue weighted by Crippen LogP contribution is 2.35. The Labute approximate surface area is 151 Å². The molecule has 0 bridgehead atoms. The van der Waals surface area contributed by atoms with Crippen LogP contribution >= 0.6 is 0 Å². The maximum Gasteiger partial charge on any atom is 0.133 e. The molecule has 2 aliphatic heterocycles. The zero-order valence-corrected chi connectivity index (χ0v) is 15.6. The first kappa shape index (κ1) is 16.6. The van der Waals surface area contributed by atoms with Crippen LogP contribution in [-0.4, -0.2) is 40.9 Å². The van der Waals surface area contributed by atoms with Crippen molar-refractivity contribution in [3.63, 3.8) is 0 Å².